The van der Waals surface area contributed by atoms with Crippen LogP contribution < -0.4 is 0 Å². The summed E-state index contributed by atoms with van der Waals surface area (Å²) in [6.45, 7) is 8.39. The molecule has 2 aliphatic rings. The SMILES string of the molecule is CCCCCC(C)(C)CN1CC(=O)N2CCCC2C1=O. The van der Waals surface area contributed by atoms with Crippen molar-refractivity contribution in [2.75, 3.05) is 19.6 Å². The van der Waals surface area contributed by atoms with Crippen molar-refractivity contribution in [2.24, 2.45) is 5.41 Å². The summed E-state index contributed by atoms with van der Waals surface area (Å²) in [7, 11) is 0. The highest BCUT2D eigenvalue weighted by Gasteiger charge is 2.42. The van der Waals surface area contributed by atoms with Crippen LogP contribution in [0.3, 0.4) is 0 Å². The number of nitrogens with zero attached hydrogens (tertiary/aromatic N) is 2. The van der Waals surface area contributed by atoms with Gasteiger partial charge in [0.2, 0.25) is 11.8 Å². The van der Waals surface area contributed by atoms with E-state index in [1.165, 1.54) is 19.3 Å². The van der Waals surface area contributed by atoms with Crippen molar-refractivity contribution in [3.8, 4) is 0 Å². The number of hydrogen-bond donors (Lipinski definition) is 0. The second kappa shape index (κ2) is 6.15. The highest BCUT2D eigenvalue weighted by molar-refractivity contribution is 5.95. The van der Waals surface area contributed by atoms with Crippen LogP contribution in [0.25, 0.3) is 0 Å². The maximum atomic E-state index is 12.5. The Hall–Kier alpha value is -1.06. The molecule has 2 fully saturated rings. The molecule has 20 heavy (non-hydrogen) atoms. The number of rotatable bonds is 6. The predicted molar refractivity (Wildman–Crippen MR) is 79.2 cm³/mol. The van der Waals surface area contributed by atoms with E-state index in [-0.39, 0.29) is 29.8 Å². The lowest BCUT2D eigenvalue weighted by molar-refractivity contribution is -0.154. The Morgan fingerprint density at radius 3 is 2.70 bits per heavy atom. The Balaban J connectivity index is 1.94. The van der Waals surface area contributed by atoms with Crippen molar-refractivity contribution < 1.29 is 9.59 Å². The average Bonchev–Trinajstić information content (AvgIpc) is 2.85. The second-order valence-corrected chi connectivity index (χ2v) is 7.06. The summed E-state index contributed by atoms with van der Waals surface area (Å²) in [5.74, 6) is 0.308. The molecule has 0 spiro atoms. The molecule has 0 aromatic carbocycles. The number of amides is 2. The average molecular weight is 280 g/mol. The Kier molecular flexibility index (Phi) is 4.71. The van der Waals surface area contributed by atoms with Crippen LogP contribution in [-0.4, -0.2) is 47.3 Å². The van der Waals surface area contributed by atoms with Gasteiger partial charge in [-0.3, -0.25) is 9.59 Å². The molecule has 0 bridgehead atoms. The summed E-state index contributed by atoms with van der Waals surface area (Å²) >= 11 is 0. The van der Waals surface area contributed by atoms with Crippen LogP contribution >= 0.6 is 0 Å². The molecule has 0 radical (unpaired) electrons. The molecule has 0 N–H and O–H groups in total. The first-order chi connectivity index (χ1) is 9.44. The lowest BCUT2D eigenvalue weighted by atomic mass is 9.86. The van der Waals surface area contributed by atoms with E-state index in [1.807, 2.05) is 0 Å². The molecule has 0 aromatic heterocycles. The molecule has 0 saturated carbocycles. The van der Waals surface area contributed by atoms with Crippen LogP contribution in [0, 0.1) is 5.41 Å². The lowest BCUT2D eigenvalue weighted by Crippen LogP contribution is -2.58. The summed E-state index contributed by atoms with van der Waals surface area (Å²) < 4.78 is 0. The minimum atomic E-state index is -0.164. The third kappa shape index (κ3) is 3.33. The molecule has 2 aliphatic heterocycles. The minimum absolute atomic E-state index is 0.103. The largest absolute Gasteiger partial charge is 0.331 e. The molecular weight excluding hydrogens is 252 g/mol. The van der Waals surface area contributed by atoms with Crippen molar-refractivity contribution in [3.05, 3.63) is 0 Å². The first-order valence-electron chi connectivity index (χ1n) is 8.03. The smallest absolute Gasteiger partial charge is 0.245 e. The Labute approximate surface area is 122 Å². The van der Waals surface area contributed by atoms with Gasteiger partial charge in [0.25, 0.3) is 0 Å². The van der Waals surface area contributed by atoms with Gasteiger partial charge in [0.05, 0.1) is 6.54 Å². The summed E-state index contributed by atoms with van der Waals surface area (Å²) in [4.78, 5) is 28.2. The fourth-order valence-electron chi connectivity index (χ4n) is 3.45. The van der Waals surface area contributed by atoms with E-state index in [0.29, 0.717) is 6.54 Å². The van der Waals surface area contributed by atoms with Gasteiger partial charge in [-0.25, -0.2) is 0 Å². The third-order valence-corrected chi connectivity index (χ3v) is 4.57. The molecular formula is C16H28N2O2. The maximum absolute atomic E-state index is 12.5. The van der Waals surface area contributed by atoms with Gasteiger partial charge in [0.15, 0.2) is 0 Å². The van der Waals surface area contributed by atoms with Crippen LogP contribution in [0.1, 0.15) is 59.3 Å². The molecule has 4 heteroatoms. The van der Waals surface area contributed by atoms with E-state index >= 15 is 0 Å². The molecule has 2 amide bonds. The van der Waals surface area contributed by atoms with Crippen molar-refractivity contribution >= 4 is 11.8 Å². The Morgan fingerprint density at radius 2 is 2.00 bits per heavy atom. The standard InChI is InChI=1S/C16H28N2O2/c1-4-5-6-9-16(2,3)12-17-11-14(19)18-10-7-8-13(18)15(17)20/h13H,4-12H2,1-3H3. The third-order valence-electron chi connectivity index (χ3n) is 4.57. The first-order valence-corrected chi connectivity index (χ1v) is 8.03. The van der Waals surface area contributed by atoms with Gasteiger partial charge in [0, 0.05) is 13.1 Å². The minimum Gasteiger partial charge on any atom is -0.331 e. The predicted octanol–water partition coefficient (Wildman–Crippen LogP) is 2.43. The zero-order valence-electron chi connectivity index (χ0n) is 13.2. The van der Waals surface area contributed by atoms with E-state index in [0.717, 1.165) is 25.8 Å². The topological polar surface area (TPSA) is 40.6 Å². The molecule has 2 heterocycles. The van der Waals surface area contributed by atoms with E-state index in [2.05, 4.69) is 20.8 Å². The summed E-state index contributed by atoms with van der Waals surface area (Å²) in [6.07, 6.45) is 6.59. The molecule has 4 nitrogen and oxygen atoms in total. The van der Waals surface area contributed by atoms with Crippen molar-refractivity contribution in [1.82, 2.24) is 9.80 Å². The number of carbonyl (C=O) groups is 2. The maximum Gasteiger partial charge on any atom is 0.245 e. The van der Waals surface area contributed by atoms with Crippen molar-refractivity contribution in [1.29, 1.82) is 0 Å². The molecule has 1 atom stereocenters. The van der Waals surface area contributed by atoms with Crippen LogP contribution in [0.15, 0.2) is 0 Å². The zero-order valence-corrected chi connectivity index (χ0v) is 13.2. The fraction of sp³-hybridized carbons (Fsp3) is 0.875. The number of unbranched alkanes of at least 4 members (excludes halogenated alkanes) is 2. The summed E-state index contributed by atoms with van der Waals surface area (Å²) in [5, 5.41) is 0. The van der Waals surface area contributed by atoms with Gasteiger partial charge < -0.3 is 9.80 Å². The molecule has 1 unspecified atom stereocenters. The number of piperazine rings is 1. The summed E-state index contributed by atoms with van der Waals surface area (Å²) in [6, 6.07) is -0.164. The molecule has 0 aromatic rings. The molecule has 2 rings (SSSR count). The van der Waals surface area contributed by atoms with E-state index in [1.54, 1.807) is 9.80 Å². The van der Waals surface area contributed by atoms with Gasteiger partial charge in [-0.05, 0) is 24.7 Å². The highest BCUT2D eigenvalue weighted by Crippen LogP contribution is 2.29. The van der Waals surface area contributed by atoms with Gasteiger partial charge in [-0.2, -0.15) is 0 Å². The monoisotopic (exact) mass is 280 g/mol. The quantitative estimate of drug-likeness (QED) is 0.701. The highest BCUT2D eigenvalue weighted by atomic mass is 16.2. The Bertz CT molecular complexity index is 379. The fourth-order valence-corrected chi connectivity index (χ4v) is 3.45. The van der Waals surface area contributed by atoms with Gasteiger partial charge >= 0.3 is 0 Å². The molecule has 2 saturated heterocycles. The van der Waals surface area contributed by atoms with E-state index in [9.17, 15) is 9.59 Å². The number of carbonyl (C=O) groups excluding carboxylic acids is 2. The Morgan fingerprint density at radius 1 is 1.25 bits per heavy atom. The molecule has 114 valence electrons. The van der Waals surface area contributed by atoms with Gasteiger partial charge in [-0.1, -0.05) is 40.0 Å². The van der Waals surface area contributed by atoms with Gasteiger partial charge in [-0.15, -0.1) is 0 Å². The number of fused-ring (bicyclic) bond motifs is 1. The molecule has 0 aliphatic carbocycles. The second-order valence-electron chi connectivity index (χ2n) is 7.06. The van der Waals surface area contributed by atoms with Crippen LogP contribution in [0.2, 0.25) is 0 Å². The van der Waals surface area contributed by atoms with E-state index < -0.39 is 0 Å². The normalized spacial score (nSPS) is 23.4. The van der Waals surface area contributed by atoms with Crippen molar-refractivity contribution in [3.63, 3.8) is 0 Å². The zero-order chi connectivity index (χ0) is 14.8. The van der Waals surface area contributed by atoms with Crippen LogP contribution in [0.5, 0.6) is 0 Å². The van der Waals surface area contributed by atoms with Gasteiger partial charge in [0.1, 0.15) is 6.04 Å². The van der Waals surface area contributed by atoms with E-state index in [4.69, 9.17) is 0 Å². The lowest BCUT2D eigenvalue weighted by Gasteiger charge is -2.40. The first kappa shape index (κ1) is 15.3. The van der Waals surface area contributed by atoms with Crippen LogP contribution in [0.4, 0.5) is 0 Å². The van der Waals surface area contributed by atoms with Crippen molar-refractivity contribution in [2.45, 2.75) is 65.3 Å². The number of hydrogen-bond acceptors (Lipinski definition) is 2. The summed E-state index contributed by atoms with van der Waals surface area (Å²) in [5.41, 5.74) is 0.103. The van der Waals surface area contributed by atoms with Crippen LogP contribution in [-0.2, 0) is 9.59 Å².